The van der Waals surface area contributed by atoms with Gasteiger partial charge < -0.3 is 20.4 Å². The average molecular weight is 347 g/mol. The number of benzene rings is 2. The van der Waals surface area contributed by atoms with E-state index in [1.54, 1.807) is 25.3 Å². The quantitative estimate of drug-likeness (QED) is 0.633. The van der Waals surface area contributed by atoms with Crippen LogP contribution < -0.4 is 15.4 Å². The van der Waals surface area contributed by atoms with Crippen molar-refractivity contribution in [3.8, 4) is 5.75 Å². The molecule has 2 amide bonds. The van der Waals surface area contributed by atoms with Gasteiger partial charge in [0.1, 0.15) is 5.75 Å². The van der Waals surface area contributed by atoms with E-state index in [0.29, 0.717) is 11.3 Å². The van der Waals surface area contributed by atoms with Gasteiger partial charge in [0.2, 0.25) is 5.91 Å². The van der Waals surface area contributed by atoms with E-state index in [1.165, 1.54) is 6.92 Å². The number of nitrogens with one attached hydrogen (secondary N) is 3. The largest absolute Gasteiger partial charge is 0.497 e. The predicted molar refractivity (Wildman–Crippen MR) is 102 cm³/mol. The number of methoxy groups -OCH3 is 1. The number of anilines is 2. The first-order valence-corrected chi connectivity index (χ1v) is 8.15. The molecule has 4 rings (SSSR count). The van der Waals surface area contributed by atoms with Crippen molar-refractivity contribution in [3.05, 3.63) is 53.7 Å². The highest BCUT2D eigenvalue weighted by Gasteiger charge is 2.25. The molecule has 1 aliphatic heterocycles. The van der Waals surface area contributed by atoms with Crippen LogP contribution in [0.5, 0.6) is 5.75 Å². The van der Waals surface area contributed by atoms with Crippen molar-refractivity contribution >= 4 is 45.7 Å². The van der Waals surface area contributed by atoms with E-state index in [4.69, 9.17) is 4.74 Å². The number of fused-ring (bicyclic) bond motifs is 2. The van der Waals surface area contributed by atoms with E-state index < -0.39 is 0 Å². The Morgan fingerprint density at radius 2 is 2.04 bits per heavy atom. The van der Waals surface area contributed by atoms with E-state index in [1.807, 2.05) is 30.5 Å². The molecule has 0 aliphatic carbocycles. The molecule has 0 saturated heterocycles. The number of rotatable bonds is 3. The minimum atomic E-state index is -0.169. The molecular formula is C20H17N3O3. The van der Waals surface area contributed by atoms with Gasteiger partial charge >= 0.3 is 0 Å². The zero-order valence-electron chi connectivity index (χ0n) is 14.3. The maximum absolute atomic E-state index is 12.4. The minimum Gasteiger partial charge on any atom is -0.497 e. The monoisotopic (exact) mass is 347 g/mol. The zero-order chi connectivity index (χ0) is 18.3. The van der Waals surface area contributed by atoms with Gasteiger partial charge in [-0.05, 0) is 42.5 Å². The van der Waals surface area contributed by atoms with E-state index >= 15 is 0 Å². The molecule has 2 heterocycles. The second kappa shape index (κ2) is 6.07. The summed E-state index contributed by atoms with van der Waals surface area (Å²) in [4.78, 5) is 26.9. The first-order chi connectivity index (χ1) is 12.5. The topological polar surface area (TPSA) is 83.2 Å². The molecule has 0 saturated carbocycles. The third-order valence-corrected chi connectivity index (χ3v) is 4.34. The summed E-state index contributed by atoms with van der Waals surface area (Å²) in [5.74, 6) is 0.426. The fourth-order valence-electron chi connectivity index (χ4n) is 3.14. The Morgan fingerprint density at radius 3 is 2.81 bits per heavy atom. The molecule has 0 unspecified atom stereocenters. The second-order valence-electron chi connectivity index (χ2n) is 6.11. The summed E-state index contributed by atoms with van der Waals surface area (Å²) in [5.41, 5.74) is 4.55. The predicted octanol–water partition coefficient (Wildman–Crippen LogP) is 3.63. The molecule has 0 atom stereocenters. The molecule has 3 N–H and O–H groups in total. The molecule has 6 nitrogen and oxygen atoms in total. The first-order valence-electron chi connectivity index (χ1n) is 8.15. The van der Waals surface area contributed by atoms with E-state index in [9.17, 15) is 9.59 Å². The van der Waals surface area contributed by atoms with Crippen LogP contribution in [0, 0.1) is 0 Å². The van der Waals surface area contributed by atoms with Gasteiger partial charge in [-0.25, -0.2) is 0 Å². The number of hydrogen-bond donors (Lipinski definition) is 3. The maximum Gasteiger partial charge on any atom is 0.256 e. The molecular weight excluding hydrogens is 330 g/mol. The number of amides is 2. The van der Waals surface area contributed by atoms with E-state index in [-0.39, 0.29) is 11.8 Å². The molecule has 0 radical (unpaired) electrons. The molecule has 2 aromatic carbocycles. The number of aromatic nitrogens is 1. The number of aromatic amines is 1. The Bertz CT molecular complexity index is 1080. The van der Waals surface area contributed by atoms with Gasteiger partial charge in [0.25, 0.3) is 5.91 Å². The van der Waals surface area contributed by atoms with E-state index in [2.05, 4.69) is 15.6 Å². The highest BCUT2D eigenvalue weighted by molar-refractivity contribution is 6.35. The van der Waals surface area contributed by atoms with Crippen LogP contribution in [0.4, 0.5) is 11.4 Å². The number of carbonyl (C=O) groups excluding carboxylic acids is 2. The number of carbonyl (C=O) groups is 2. The zero-order valence-corrected chi connectivity index (χ0v) is 14.3. The van der Waals surface area contributed by atoms with Crippen LogP contribution in [0.25, 0.3) is 22.6 Å². The fourth-order valence-corrected chi connectivity index (χ4v) is 3.14. The third kappa shape index (κ3) is 2.71. The van der Waals surface area contributed by atoms with Crippen LogP contribution in [-0.4, -0.2) is 23.9 Å². The Labute approximate surface area is 149 Å². The average Bonchev–Trinajstić information content (AvgIpc) is 3.15. The summed E-state index contributed by atoms with van der Waals surface area (Å²) < 4.78 is 5.29. The number of ether oxygens (including phenoxy) is 1. The Balaban J connectivity index is 1.81. The van der Waals surface area contributed by atoms with Crippen molar-refractivity contribution in [2.45, 2.75) is 6.92 Å². The molecule has 26 heavy (non-hydrogen) atoms. The number of hydrogen-bond acceptors (Lipinski definition) is 3. The Morgan fingerprint density at radius 1 is 1.19 bits per heavy atom. The van der Waals surface area contributed by atoms with Gasteiger partial charge in [-0.2, -0.15) is 0 Å². The van der Waals surface area contributed by atoms with Crippen LogP contribution in [-0.2, 0) is 9.59 Å². The van der Waals surface area contributed by atoms with Crippen molar-refractivity contribution in [3.63, 3.8) is 0 Å². The van der Waals surface area contributed by atoms with Crippen molar-refractivity contribution in [1.82, 2.24) is 4.98 Å². The standard InChI is InChI=1S/C20H17N3O3/c1-11(24)22-13-3-5-19-16(8-13)17(20(25)23-19)7-12-10-21-18-6-4-14(26-2)9-15(12)18/h3-10,21H,1-2H3,(H,22,24)(H,23,25)/b17-7-. The van der Waals surface area contributed by atoms with Crippen LogP contribution >= 0.6 is 0 Å². The highest BCUT2D eigenvalue weighted by atomic mass is 16.5. The lowest BCUT2D eigenvalue weighted by Gasteiger charge is -2.05. The van der Waals surface area contributed by atoms with Crippen LogP contribution in [0.1, 0.15) is 18.1 Å². The summed E-state index contributed by atoms with van der Waals surface area (Å²) >= 11 is 0. The summed E-state index contributed by atoms with van der Waals surface area (Å²) in [6, 6.07) is 11.1. The normalized spacial score (nSPS) is 14.4. The molecule has 1 aliphatic rings. The van der Waals surface area contributed by atoms with Gasteiger partial charge in [-0.3, -0.25) is 9.59 Å². The molecule has 6 heteroatoms. The van der Waals surface area contributed by atoms with Crippen LogP contribution in [0.2, 0.25) is 0 Å². The summed E-state index contributed by atoms with van der Waals surface area (Å²) in [6.45, 7) is 1.45. The minimum absolute atomic E-state index is 0.156. The Hall–Kier alpha value is -3.54. The lowest BCUT2D eigenvalue weighted by molar-refractivity contribution is -0.114. The molecule has 0 spiro atoms. The SMILES string of the molecule is COc1ccc2[nH]cc(/C=C3\C(=O)Nc4ccc(NC(C)=O)cc43)c2c1. The van der Waals surface area contributed by atoms with Gasteiger partial charge in [0.05, 0.1) is 7.11 Å². The summed E-state index contributed by atoms with van der Waals surface area (Å²) in [5, 5.41) is 6.57. The lowest BCUT2D eigenvalue weighted by atomic mass is 10.0. The van der Waals surface area contributed by atoms with Gasteiger partial charge in [0, 0.05) is 52.1 Å². The van der Waals surface area contributed by atoms with Gasteiger partial charge in [-0.15, -0.1) is 0 Å². The molecule has 130 valence electrons. The molecule has 0 fully saturated rings. The molecule has 0 bridgehead atoms. The molecule has 1 aromatic heterocycles. The fraction of sp³-hybridized carbons (Fsp3) is 0.100. The van der Waals surface area contributed by atoms with Crippen molar-refractivity contribution in [2.75, 3.05) is 17.7 Å². The van der Waals surface area contributed by atoms with Crippen molar-refractivity contribution in [1.29, 1.82) is 0 Å². The lowest BCUT2D eigenvalue weighted by Crippen LogP contribution is -2.05. The van der Waals surface area contributed by atoms with E-state index in [0.717, 1.165) is 33.5 Å². The van der Waals surface area contributed by atoms with Crippen molar-refractivity contribution < 1.29 is 14.3 Å². The molecule has 3 aromatic rings. The Kier molecular flexibility index (Phi) is 3.73. The van der Waals surface area contributed by atoms with Crippen LogP contribution in [0.3, 0.4) is 0 Å². The van der Waals surface area contributed by atoms with Gasteiger partial charge in [0.15, 0.2) is 0 Å². The summed E-state index contributed by atoms with van der Waals surface area (Å²) in [6.07, 6.45) is 3.71. The third-order valence-electron chi connectivity index (χ3n) is 4.34. The first kappa shape index (κ1) is 16.0. The van der Waals surface area contributed by atoms with Crippen molar-refractivity contribution in [2.24, 2.45) is 0 Å². The second-order valence-corrected chi connectivity index (χ2v) is 6.11. The maximum atomic E-state index is 12.4. The number of H-pyrrole nitrogens is 1. The summed E-state index contributed by atoms with van der Waals surface area (Å²) in [7, 11) is 1.62. The smallest absolute Gasteiger partial charge is 0.256 e. The van der Waals surface area contributed by atoms with Crippen LogP contribution in [0.15, 0.2) is 42.6 Å². The van der Waals surface area contributed by atoms with Gasteiger partial charge in [-0.1, -0.05) is 0 Å². The highest BCUT2D eigenvalue weighted by Crippen LogP contribution is 2.36.